The highest BCUT2D eigenvalue weighted by atomic mass is 19.4. The van der Waals surface area contributed by atoms with Gasteiger partial charge in [-0.25, -0.2) is 14.4 Å². The van der Waals surface area contributed by atoms with Crippen LogP contribution in [0.15, 0.2) is 18.2 Å². The largest absolute Gasteiger partial charge is 0.434 e. The SMILES string of the molecule is Nc1nc(C(F)(F)F)c2cccc(F)c2n1. The second-order valence-electron chi connectivity index (χ2n) is 3.06. The summed E-state index contributed by atoms with van der Waals surface area (Å²) in [6.45, 7) is 0. The number of nitrogens with zero attached hydrogens (tertiary/aromatic N) is 2. The van der Waals surface area contributed by atoms with E-state index in [0.29, 0.717) is 0 Å². The lowest BCUT2D eigenvalue weighted by Gasteiger charge is -2.09. The normalized spacial score (nSPS) is 12.0. The van der Waals surface area contributed by atoms with Gasteiger partial charge in [-0.15, -0.1) is 0 Å². The fourth-order valence-electron chi connectivity index (χ4n) is 1.35. The highest BCUT2D eigenvalue weighted by molar-refractivity contribution is 5.82. The molecule has 84 valence electrons. The van der Waals surface area contributed by atoms with Gasteiger partial charge in [-0.2, -0.15) is 13.2 Å². The van der Waals surface area contributed by atoms with Gasteiger partial charge in [-0.05, 0) is 6.07 Å². The third kappa shape index (κ3) is 1.64. The Labute approximate surface area is 86.9 Å². The first-order valence-electron chi connectivity index (χ1n) is 4.18. The fourth-order valence-corrected chi connectivity index (χ4v) is 1.35. The van der Waals surface area contributed by atoms with Gasteiger partial charge in [0, 0.05) is 5.39 Å². The maximum absolute atomic E-state index is 13.2. The molecule has 2 rings (SSSR count). The molecular formula is C9H5F4N3. The molecule has 1 aromatic carbocycles. The molecule has 0 radical (unpaired) electrons. The molecule has 3 nitrogen and oxygen atoms in total. The zero-order valence-corrected chi connectivity index (χ0v) is 7.72. The van der Waals surface area contributed by atoms with Crippen molar-refractivity contribution in [2.24, 2.45) is 0 Å². The number of nitrogens with two attached hydrogens (primary N) is 1. The van der Waals surface area contributed by atoms with E-state index < -0.39 is 34.5 Å². The van der Waals surface area contributed by atoms with Crippen molar-refractivity contribution in [3.8, 4) is 0 Å². The molecule has 0 fully saturated rings. The molecule has 0 bridgehead atoms. The van der Waals surface area contributed by atoms with E-state index in [1.807, 2.05) is 0 Å². The van der Waals surface area contributed by atoms with Gasteiger partial charge in [0.25, 0.3) is 0 Å². The van der Waals surface area contributed by atoms with Crippen molar-refractivity contribution < 1.29 is 17.6 Å². The Balaban J connectivity index is 2.89. The van der Waals surface area contributed by atoms with Gasteiger partial charge < -0.3 is 5.73 Å². The van der Waals surface area contributed by atoms with Crippen LogP contribution in [0.3, 0.4) is 0 Å². The van der Waals surface area contributed by atoms with E-state index in [9.17, 15) is 17.6 Å². The molecule has 0 aliphatic carbocycles. The monoisotopic (exact) mass is 231 g/mol. The number of anilines is 1. The van der Waals surface area contributed by atoms with Crippen LogP contribution in [-0.4, -0.2) is 9.97 Å². The first-order valence-corrected chi connectivity index (χ1v) is 4.18. The lowest BCUT2D eigenvalue weighted by Crippen LogP contribution is -2.12. The minimum Gasteiger partial charge on any atom is -0.368 e. The first kappa shape index (κ1) is 10.6. The topological polar surface area (TPSA) is 51.8 Å². The lowest BCUT2D eigenvalue weighted by atomic mass is 10.2. The van der Waals surface area contributed by atoms with Crippen molar-refractivity contribution in [2.75, 3.05) is 5.73 Å². The smallest absolute Gasteiger partial charge is 0.368 e. The van der Waals surface area contributed by atoms with Crippen LogP contribution in [-0.2, 0) is 6.18 Å². The number of aromatic nitrogens is 2. The van der Waals surface area contributed by atoms with Gasteiger partial charge in [0.05, 0.1) is 0 Å². The Morgan fingerprint density at radius 3 is 2.44 bits per heavy atom. The predicted molar refractivity (Wildman–Crippen MR) is 48.9 cm³/mol. The van der Waals surface area contributed by atoms with Gasteiger partial charge in [-0.3, -0.25) is 0 Å². The fraction of sp³-hybridized carbons (Fsp3) is 0.111. The summed E-state index contributed by atoms with van der Waals surface area (Å²) in [4.78, 5) is 6.53. The van der Waals surface area contributed by atoms with Crippen LogP contribution < -0.4 is 5.73 Å². The Bertz CT molecular complexity index is 550. The summed E-state index contributed by atoms with van der Waals surface area (Å²) in [5, 5.41) is -0.401. The second kappa shape index (κ2) is 3.29. The zero-order valence-electron chi connectivity index (χ0n) is 7.72. The van der Waals surface area contributed by atoms with E-state index in [1.54, 1.807) is 0 Å². The highest BCUT2D eigenvalue weighted by Gasteiger charge is 2.35. The van der Waals surface area contributed by atoms with Crippen LogP contribution in [0.4, 0.5) is 23.5 Å². The third-order valence-electron chi connectivity index (χ3n) is 1.96. The summed E-state index contributed by atoms with van der Waals surface area (Å²) in [5.41, 5.74) is 3.45. The second-order valence-corrected chi connectivity index (χ2v) is 3.06. The molecule has 1 heterocycles. The summed E-state index contributed by atoms with van der Waals surface area (Å²) in [7, 11) is 0. The van der Waals surface area contributed by atoms with E-state index in [-0.39, 0.29) is 0 Å². The Kier molecular flexibility index (Phi) is 2.18. The summed E-state index contributed by atoms with van der Waals surface area (Å²) in [6.07, 6.45) is -4.69. The van der Waals surface area contributed by atoms with E-state index >= 15 is 0 Å². The number of rotatable bonds is 0. The maximum Gasteiger partial charge on any atom is 0.434 e. The van der Waals surface area contributed by atoms with Crippen molar-refractivity contribution in [1.82, 2.24) is 9.97 Å². The van der Waals surface area contributed by atoms with Crippen LogP contribution in [0, 0.1) is 5.82 Å². The number of nitrogen functional groups attached to an aromatic ring is 1. The number of benzene rings is 1. The van der Waals surface area contributed by atoms with Crippen molar-refractivity contribution in [3.05, 3.63) is 29.7 Å². The van der Waals surface area contributed by atoms with Crippen molar-refractivity contribution in [1.29, 1.82) is 0 Å². The molecule has 0 spiro atoms. The molecule has 0 saturated heterocycles. The molecule has 2 N–H and O–H groups in total. The van der Waals surface area contributed by atoms with Gasteiger partial charge in [-0.1, -0.05) is 12.1 Å². The number of hydrogen-bond donors (Lipinski definition) is 1. The van der Waals surface area contributed by atoms with Crippen LogP contribution >= 0.6 is 0 Å². The van der Waals surface area contributed by atoms with Crippen LogP contribution in [0.2, 0.25) is 0 Å². The van der Waals surface area contributed by atoms with E-state index in [0.717, 1.165) is 18.2 Å². The number of para-hydroxylation sites is 1. The molecule has 0 amide bonds. The molecule has 0 unspecified atom stereocenters. The molecular weight excluding hydrogens is 226 g/mol. The Morgan fingerprint density at radius 1 is 1.12 bits per heavy atom. The third-order valence-corrected chi connectivity index (χ3v) is 1.96. The van der Waals surface area contributed by atoms with E-state index in [4.69, 9.17) is 5.73 Å². The average molecular weight is 231 g/mol. The van der Waals surface area contributed by atoms with Gasteiger partial charge in [0.15, 0.2) is 5.69 Å². The highest BCUT2D eigenvalue weighted by Crippen LogP contribution is 2.33. The summed E-state index contributed by atoms with van der Waals surface area (Å²) in [6, 6.07) is 3.27. The van der Waals surface area contributed by atoms with Crippen molar-refractivity contribution in [2.45, 2.75) is 6.18 Å². The lowest BCUT2D eigenvalue weighted by molar-refractivity contribution is -0.139. The molecule has 0 atom stereocenters. The van der Waals surface area contributed by atoms with E-state index in [2.05, 4.69) is 9.97 Å². The van der Waals surface area contributed by atoms with Crippen LogP contribution in [0.1, 0.15) is 5.69 Å². The molecule has 0 saturated carbocycles. The van der Waals surface area contributed by atoms with Crippen LogP contribution in [0.5, 0.6) is 0 Å². The standard InChI is InChI=1S/C9H5F4N3/c10-5-3-1-2-4-6(5)15-8(14)16-7(4)9(11,12)13/h1-3H,(H2,14,15,16). The predicted octanol–water partition coefficient (Wildman–Crippen LogP) is 2.37. The minimum absolute atomic E-state index is 0.401. The first-order chi connectivity index (χ1) is 7.39. The number of alkyl halides is 3. The number of hydrogen-bond acceptors (Lipinski definition) is 3. The molecule has 16 heavy (non-hydrogen) atoms. The minimum atomic E-state index is -4.69. The molecule has 1 aromatic heterocycles. The Morgan fingerprint density at radius 2 is 1.81 bits per heavy atom. The molecule has 0 aliphatic rings. The van der Waals surface area contributed by atoms with Gasteiger partial charge >= 0.3 is 6.18 Å². The zero-order chi connectivity index (χ0) is 11.9. The molecule has 0 aliphatic heterocycles. The molecule has 2 aromatic rings. The summed E-state index contributed by atoms with van der Waals surface area (Å²) < 4.78 is 50.9. The number of fused-ring (bicyclic) bond motifs is 1. The van der Waals surface area contributed by atoms with Gasteiger partial charge in [0.1, 0.15) is 11.3 Å². The average Bonchev–Trinajstić information content (AvgIpc) is 2.17. The molecule has 7 heteroatoms. The van der Waals surface area contributed by atoms with Gasteiger partial charge in [0.2, 0.25) is 5.95 Å². The van der Waals surface area contributed by atoms with Crippen molar-refractivity contribution in [3.63, 3.8) is 0 Å². The quantitative estimate of drug-likeness (QED) is 0.708. The van der Waals surface area contributed by atoms with E-state index in [1.165, 1.54) is 0 Å². The summed E-state index contributed by atoms with van der Waals surface area (Å²) >= 11 is 0. The maximum atomic E-state index is 13.2. The Hall–Kier alpha value is -1.92. The van der Waals surface area contributed by atoms with Crippen LogP contribution in [0.25, 0.3) is 10.9 Å². The van der Waals surface area contributed by atoms with Crippen molar-refractivity contribution >= 4 is 16.9 Å². The summed E-state index contributed by atoms with van der Waals surface area (Å²) in [5.74, 6) is -1.47. The number of halogens is 4.